The lowest BCUT2D eigenvalue weighted by atomic mass is 10.2. The van der Waals surface area contributed by atoms with E-state index < -0.39 is 0 Å². The van der Waals surface area contributed by atoms with Crippen LogP contribution in [0.25, 0.3) is 0 Å². The number of nitrogens with one attached hydrogen (secondary N) is 2. The molecular weight excluding hydrogens is 196 g/mol. The van der Waals surface area contributed by atoms with Crippen LogP contribution in [-0.4, -0.2) is 12.4 Å². The minimum atomic E-state index is 0.578. The third-order valence-corrected chi connectivity index (χ3v) is 1.94. The fourth-order valence-electron chi connectivity index (χ4n) is 1.14. The maximum atomic E-state index is 5.54. The van der Waals surface area contributed by atoms with Crippen molar-refractivity contribution in [3.63, 3.8) is 0 Å². The van der Waals surface area contributed by atoms with E-state index in [0.29, 0.717) is 5.88 Å². The number of halogens is 1. The normalized spacial score (nSPS) is 9.57. The van der Waals surface area contributed by atoms with Crippen molar-refractivity contribution in [2.45, 2.75) is 6.92 Å². The Morgan fingerprint density at radius 2 is 2.29 bits per heavy atom. The summed E-state index contributed by atoms with van der Waals surface area (Å²) in [7, 11) is 0. The molecular formula is C11H15ClN2. The molecule has 0 saturated heterocycles. The molecule has 2 N–H and O–H groups in total. The van der Waals surface area contributed by atoms with Crippen LogP contribution in [0.15, 0.2) is 36.7 Å². The van der Waals surface area contributed by atoms with Gasteiger partial charge in [0, 0.05) is 18.1 Å². The Bertz CT molecular complexity index is 310. The lowest BCUT2D eigenvalue weighted by molar-refractivity contribution is 0.869. The molecule has 0 aliphatic rings. The molecule has 0 amide bonds. The Kier molecular flexibility index (Phi) is 4.33. The van der Waals surface area contributed by atoms with Gasteiger partial charge in [0.05, 0.1) is 5.82 Å². The number of alkyl halides is 1. The van der Waals surface area contributed by atoms with Crippen LogP contribution in [-0.2, 0) is 0 Å². The lowest BCUT2D eigenvalue weighted by Crippen LogP contribution is -2.20. The molecule has 0 spiro atoms. The molecule has 0 heterocycles. The second-order valence-corrected chi connectivity index (χ2v) is 3.47. The molecule has 0 bridgehead atoms. The van der Waals surface area contributed by atoms with Gasteiger partial charge in [0.1, 0.15) is 0 Å². The fourth-order valence-corrected chi connectivity index (χ4v) is 1.23. The average molecular weight is 211 g/mol. The van der Waals surface area contributed by atoms with Crippen LogP contribution < -0.4 is 10.6 Å². The topological polar surface area (TPSA) is 24.1 Å². The van der Waals surface area contributed by atoms with Gasteiger partial charge >= 0.3 is 0 Å². The zero-order valence-corrected chi connectivity index (χ0v) is 9.06. The Hall–Kier alpha value is -1.15. The number of benzene rings is 1. The molecule has 0 aliphatic carbocycles. The third-order valence-electron chi connectivity index (χ3n) is 1.75. The summed E-state index contributed by atoms with van der Waals surface area (Å²) in [5.41, 5.74) is 2.26. The highest BCUT2D eigenvalue weighted by Crippen LogP contribution is 2.10. The Labute approximate surface area is 90.0 Å². The maximum absolute atomic E-state index is 5.54. The highest BCUT2D eigenvalue weighted by molar-refractivity contribution is 6.18. The number of hydrogen-bond donors (Lipinski definition) is 2. The summed E-state index contributed by atoms with van der Waals surface area (Å²) in [5, 5.41) is 6.22. The van der Waals surface area contributed by atoms with Gasteiger partial charge in [-0.2, -0.15) is 0 Å². The molecule has 1 aromatic carbocycles. The van der Waals surface area contributed by atoms with Crippen LogP contribution in [0, 0.1) is 6.92 Å². The summed E-state index contributed by atoms with van der Waals surface area (Å²) >= 11 is 5.54. The van der Waals surface area contributed by atoms with E-state index in [-0.39, 0.29) is 0 Å². The predicted octanol–water partition coefficient (Wildman–Crippen LogP) is 2.71. The molecule has 14 heavy (non-hydrogen) atoms. The molecule has 0 atom stereocenters. The van der Waals surface area contributed by atoms with Crippen molar-refractivity contribution >= 4 is 17.3 Å². The van der Waals surface area contributed by atoms with E-state index in [4.69, 9.17) is 11.6 Å². The first-order valence-electron chi connectivity index (χ1n) is 4.55. The molecule has 3 heteroatoms. The molecule has 0 radical (unpaired) electrons. The van der Waals surface area contributed by atoms with Crippen LogP contribution >= 0.6 is 11.6 Å². The summed E-state index contributed by atoms with van der Waals surface area (Å²) in [6, 6.07) is 8.13. The summed E-state index contributed by atoms with van der Waals surface area (Å²) in [6.07, 6.45) is 0. The SMILES string of the molecule is C=C(NCCCl)Nc1cccc(C)c1. The van der Waals surface area contributed by atoms with Crippen molar-refractivity contribution in [3.8, 4) is 0 Å². The van der Waals surface area contributed by atoms with E-state index >= 15 is 0 Å². The standard InChI is InChI=1S/C11H15ClN2/c1-9-4-3-5-11(8-9)14-10(2)13-7-6-12/h3-5,8,13-14H,2,6-7H2,1H3. The van der Waals surface area contributed by atoms with Crippen LogP contribution in [0.1, 0.15) is 5.56 Å². The molecule has 0 aromatic heterocycles. The number of aryl methyl sites for hydroxylation is 1. The van der Waals surface area contributed by atoms with E-state index in [1.807, 2.05) is 12.1 Å². The Balaban J connectivity index is 2.47. The van der Waals surface area contributed by atoms with Crippen molar-refractivity contribution in [3.05, 3.63) is 42.2 Å². The summed E-state index contributed by atoms with van der Waals surface area (Å²) < 4.78 is 0. The first-order chi connectivity index (χ1) is 6.72. The largest absolute Gasteiger partial charge is 0.371 e. The summed E-state index contributed by atoms with van der Waals surface area (Å²) in [4.78, 5) is 0. The van der Waals surface area contributed by atoms with E-state index in [9.17, 15) is 0 Å². The highest BCUT2D eigenvalue weighted by Gasteiger charge is 1.94. The second-order valence-electron chi connectivity index (χ2n) is 3.09. The predicted molar refractivity (Wildman–Crippen MR) is 62.7 cm³/mol. The Morgan fingerprint density at radius 3 is 2.93 bits per heavy atom. The molecule has 1 rings (SSSR count). The van der Waals surface area contributed by atoms with Gasteiger partial charge in [-0.3, -0.25) is 0 Å². The van der Waals surface area contributed by atoms with Gasteiger partial charge in [-0.15, -0.1) is 11.6 Å². The molecule has 0 unspecified atom stereocenters. The highest BCUT2D eigenvalue weighted by atomic mass is 35.5. The quantitative estimate of drug-likeness (QED) is 0.731. The maximum Gasteiger partial charge on any atom is 0.0957 e. The van der Waals surface area contributed by atoms with Gasteiger partial charge in [-0.05, 0) is 24.6 Å². The fraction of sp³-hybridized carbons (Fsp3) is 0.273. The summed E-state index contributed by atoms with van der Waals surface area (Å²) in [6.45, 7) is 6.61. The van der Waals surface area contributed by atoms with Crippen LogP contribution in [0.5, 0.6) is 0 Å². The van der Waals surface area contributed by atoms with Crippen LogP contribution in [0.2, 0.25) is 0 Å². The van der Waals surface area contributed by atoms with Gasteiger partial charge in [0.2, 0.25) is 0 Å². The van der Waals surface area contributed by atoms with Crippen molar-refractivity contribution in [2.75, 3.05) is 17.7 Å². The number of anilines is 1. The van der Waals surface area contributed by atoms with Crippen molar-refractivity contribution in [1.82, 2.24) is 5.32 Å². The minimum Gasteiger partial charge on any atom is -0.371 e. The van der Waals surface area contributed by atoms with Gasteiger partial charge in [-0.1, -0.05) is 18.7 Å². The molecule has 76 valence electrons. The Morgan fingerprint density at radius 1 is 1.50 bits per heavy atom. The number of hydrogen-bond acceptors (Lipinski definition) is 2. The van der Waals surface area contributed by atoms with Gasteiger partial charge in [0.15, 0.2) is 0 Å². The first-order valence-corrected chi connectivity index (χ1v) is 5.08. The molecule has 0 aliphatic heterocycles. The second kappa shape index (κ2) is 5.55. The molecule has 1 aromatic rings. The van der Waals surface area contributed by atoms with E-state index in [1.165, 1.54) is 5.56 Å². The molecule has 2 nitrogen and oxygen atoms in total. The van der Waals surface area contributed by atoms with Crippen molar-refractivity contribution < 1.29 is 0 Å². The zero-order chi connectivity index (χ0) is 10.4. The van der Waals surface area contributed by atoms with E-state index in [1.54, 1.807) is 0 Å². The minimum absolute atomic E-state index is 0.578. The van der Waals surface area contributed by atoms with Gasteiger partial charge in [0.25, 0.3) is 0 Å². The lowest BCUT2D eigenvalue weighted by Gasteiger charge is -2.11. The molecule has 0 fully saturated rings. The van der Waals surface area contributed by atoms with E-state index in [0.717, 1.165) is 18.1 Å². The summed E-state index contributed by atoms with van der Waals surface area (Å²) in [5.74, 6) is 1.35. The number of rotatable bonds is 5. The van der Waals surface area contributed by atoms with Gasteiger partial charge < -0.3 is 10.6 Å². The van der Waals surface area contributed by atoms with Crippen LogP contribution in [0.3, 0.4) is 0 Å². The van der Waals surface area contributed by atoms with Gasteiger partial charge in [-0.25, -0.2) is 0 Å². The van der Waals surface area contributed by atoms with Crippen LogP contribution in [0.4, 0.5) is 5.69 Å². The van der Waals surface area contributed by atoms with Crippen molar-refractivity contribution in [1.29, 1.82) is 0 Å². The monoisotopic (exact) mass is 210 g/mol. The first kappa shape index (κ1) is 10.9. The van der Waals surface area contributed by atoms with Crippen molar-refractivity contribution in [2.24, 2.45) is 0 Å². The average Bonchev–Trinajstić information content (AvgIpc) is 2.15. The third kappa shape index (κ3) is 3.71. The smallest absolute Gasteiger partial charge is 0.0957 e. The zero-order valence-electron chi connectivity index (χ0n) is 8.31. The molecule has 0 saturated carbocycles. The van der Waals surface area contributed by atoms with E-state index in [2.05, 4.69) is 36.3 Å².